The molecule has 6 heteroatoms. The Labute approximate surface area is 139 Å². The molecule has 2 atom stereocenters. The highest BCUT2D eigenvalue weighted by Gasteiger charge is 2.24. The van der Waals surface area contributed by atoms with Crippen LogP contribution in [0.25, 0.3) is 0 Å². The maximum Gasteiger partial charge on any atom is 0.322 e. The SMILES string of the molecule is CSCCc1ccc(NC(=O)N2CCS(=O)CCC2C)cc1. The zero-order valence-electron chi connectivity index (χ0n) is 13.2. The fourth-order valence-electron chi connectivity index (χ4n) is 2.45. The summed E-state index contributed by atoms with van der Waals surface area (Å²) in [6, 6.07) is 8.07. The number of benzene rings is 1. The first-order valence-corrected chi connectivity index (χ1v) is 10.5. The predicted molar refractivity (Wildman–Crippen MR) is 96.2 cm³/mol. The summed E-state index contributed by atoms with van der Waals surface area (Å²) in [7, 11) is -0.792. The summed E-state index contributed by atoms with van der Waals surface area (Å²) in [5.41, 5.74) is 2.10. The standard InChI is InChI=1S/C16H24N2O2S2/c1-13-8-11-22(20)12-9-18(13)16(19)17-15-5-3-14(4-6-15)7-10-21-2/h3-6,13H,7-12H2,1-2H3,(H,17,19). The van der Waals surface area contributed by atoms with Gasteiger partial charge in [-0.25, -0.2) is 4.79 Å². The van der Waals surface area contributed by atoms with Crippen molar-refractivity contribution in [2.75, 3.05) is 35.4 Å². The molecule has 22 heavy (non-hydrogen) atoms. The zero-order valence-corrected chi connectivity index (χ0v) is 14.8. The van der Waals surface area contributed by atoms with Crippen LogP contribution in [0.3, 0.4) is 0 Å². The molecular weight excluding hydrogens is 316 g/mol. The molecule has 2 unspecified atom stereocenters. The van der Waals surface area contributed by atoms with E-state index in [4.69, 9.17) is 0 Å². The number of hydrogen-bond donors (Lipinski definition) is 1. The van der Waals surface area contributed by atoms with Gasteiger partial charge in [0.25, 0.3) is 0 Å². The van der Waals surface area contributed by atoms with Crippen LogP contribution >= 0.6 is 11.8 Å². The van der Waals surface area contributed by atoms with Crippen molar-refractivity contribution in [3.8, 4) is 0 Å². The number of nitrogens with one attached hydrogen (secondary N) is 1. The van der Waals surface area contributed by atoms with Gasteiger partial charge in [0.1, 0.15) is 0 Å². The minimum Gasteiger partial charge on any atom is -0.321 e. The van der Waals surface area contributed by atoms with Crippen LogP contribution in [0.1, 0.15) is 18.9 Å². The molecule has 4 nitrogen and oxygen atoms in total. The third-order valence-corrected chi connectivity index (χ3v) is 5.86. The number of carbonyl (C=O) groups is 1. The summed E-state index contributed by atoms with van der Waals surface area (Å²) in [5, 5.41) is 2.95. The van der Waals surface area contributed by atoms with Crippen molar-refractivity contribution in [2.24, 2.45) is 0 Å². The molecule has 2 amide bonds. The number of aryl methyl sites for hydroxylation is 1. The van der Waals surface area contributed by atoms with E-state index in [2.05, 4.69) is 23.7 Å². The topological polar surface area (TPSA) is 49.4 Å². The fourth-order valence-corrected chi connectivity index (χ4v) is 4.10. The van der Waals surface area contributed by atoms with Crippen molar-refractivity contribution in [2.45, 2.75) is 25.8 Å². The quantitative estimate of drug-likeness (QED) is 0.917. The van der Waals surface area contributed by atoms with Crippen LogP contribution in [0.15, 0.2) is 24.3 Å². The molecule has 122 valence electrons. The van der Waals surface area contributed by atoms with Gasteiger partial charge in [-0.15, -0.1) is 0 Å². The minimum absolute atomic E-state index is 0.0942. The molecule has 0 radical (unpaired) electrons. The van der Waals surface area contributed by atoms with Crippen LogP contribution in [0.5, 0.6) is 0 Å². The molecule has 1 aromatic carbocycles. The van der Waals surface area contributed by atoms with Crippen molar-refractivity contribution in [3.63, 3.8) is 0 Å². The minimum atomic E-state index is -0.792. The highest BCUT2D eigenvalue weighted by molar-refractivity contribution is 7.98. The molecule has 0 bridgehead atoms. The highest BCUT2D eigenvalue weighted by atomic mass is 32.2. The first-order valence-electron chi connectivity index (χ1n) is 7.60. The molecule has 1 N–H and O–H groups in total. The van der Waals surface area contributed by atoms with Gasteiger partial charge >= 0.3 is 6.03 Å². The van der Waals surface area contributed by atoms with E-state index in [1.54, 1.807) is 4.90 Å². The maximum atomic E-state index is 12.4. The van der Waals surface area contributed by atoms with Crippen LogP contribution in [0.2, 0.25) is 0 Å². The van der Waals surface area contributed by atoms with Crippen LogP contribution in [0, 0.1) is 0 Å². The Morgan fingerprint density at radius 2 is 2.09 bits per heavy atom. The van der Waals surface area contributed by atoms with Crippen molar-refractivity contribution in [1.82, 2.24) is 4.90 Å². The van der Waals surface area contributed by atoms with E-state index in [0.29, 0.717) is 18.1 Å². The first-order chi connectivity index (χ1) is 10.6. The Morgan fingerprint density at radius 3 is 2.77 bits per heavy atom. The molecule has 1 aromatic rings. The van der Waals surface area contributed by atoms with Crippen LogP contribution in [-0.4, -0.2) is 51.2 Å². The van der Waals surface area contributed by atoms with E-state index in [1.165, 1.54) is 5.56 Å². The molecule has 0 saturated carbocycles. The van der Waals surface area contributed by atoms with Gasteiger partial charge in [-0.2, -0.15) is 11.8 Å². The average Bonchev–Trinajstić information content (AvgIpc) is 2.68. The van der Waals surface area contributed by atoms with Crippen molar-refractivity contribution in [1.29, 1.82) is 0 Å². The number of amides is 2. The smallest absolute Gasteiger partial charge is 0.321 e. The summed E-state index contributed by atoms with van der Waals surface area (Å²) in [6.07, 6.45) is 3.95. The number of thioether (sulfide) groups is 1. The Bertz CT molecular complexity index is 519. The van der Waals surface area contributed by atoms with Crippen molar-refractivity contribution < 1.29 is 9.00 Å². The summed E-state index contributed by atoms with van der Waals surface area (Å²) in [4.78, 5) is 14.2. The van der Waals surface area contributed by atoms with E-state index >= 15 is 0 Å². The third-order valence-electron chi connectivity index (χ3n) is 3.92. The van der Waals surface area contributed by atoms with Gasteiger partial charge < -0.3 is 10.2 Å². The van der Waals surface area contributed by atoms with E-state index in [0.717, 1.165) is 24.3 Å². The number of carbonyl (C=O) groups excluding carboxylic acids is 1. The third kappa shape index (κ3) is 5.02. The maximum absolute atomic E-state index is 12.4. The Balaban J connectivity index is 1.94. The second-order valence-corrected chi connectivity index (χ2v) is 8.23. The number of hydrogen-bond acceptors (Lipinski definition) is 3. The Kier molecular flexibility index (Phi) is 6.76. The zero-order chi connectivity index (χ0) is 15.9. The predicted octanol–water partition coefficient (Wildman–Crippen LogP) is 2.97. The Morgan fingerprint density at radius 1 is 1.36 bits per heavy atom. The van der Waals surface area contributed by atoms with Crippen LogP contribution in [-0.2, 0) is 17.2 Å². The van der Waals surface area contributed by atoms with Crippen LogP contribution < -0.4 is 5.32 Å². The summed E-state index contributed by atoms with van der Waals surface area (Å²) in [5.74, 6) is 2.37. The molecule has 1 aliphatic heterocycles. The lowest BCUT2D eigenvalue weighted by molar-refractivity contribution is 0.197. The molecule has 0 aliphatic carbocycles. The second-order valence-electron chi connectivity index (χ2n) is 5.55. The molecule has 2 rings (SSSR count). The van der Waals surface area contributed by atoms with Gasteiger partial charge in [-0.05, 0) is 49.5 Å². The number of urea groups is 1. The largest absolute Gasteiger partial charge is 0.322 e. The molecular formula is C16H24N2O2S2. The number of rotatable bonds is 4. The number of nitrogens with zero attached hydrogens (tertiary/aromatic N) is 1. The average molecular weight is 341 g/mol. The normalized spacial score (nSPS) is 22.2. The lowest BCUT2D eigenvalue weighted by atomic mass is 10.1. The monoisotopic (exact) mass is 340 g/mol. The molecule has 1 saturated heterocycles. The molecule has 0 spiro atoms. The van der Waals surface area contributed by atoms with E-state index < -0.39 is 10.8 Å². The summed E-state index contributed by atoms with van der Waals surface area (Å²) in [6.45, 7) is 2.58. The molecule has 1 aliphatic rings. The van der Waals surface area contributed by atoms with E-state index in [1.807, 2.05) is 30.8 Å². The molecule has 1 heterocycles. The van der Waals surface area contributed by atoms with E-state index in [9.17, 15) is 9.00 Å². The van der Waals surface area contributed by atoms with Crippen LogP contribution in [0.4, 0.5) is 10.5 Å². The van der Waals surface area contributed by atoms with Gasteiger partial charge in [0.05, 0.1) is 0 Å². The lowest BCUT2D eigenvalue weighted by Gasteiger charge is -2.26. The van der Waals surface area contributed by atoms with Crippen molar-refractivity contribution in [3.05, 3.63) is 29.8 Å². The fraction of sp³-hybridized carbons (Fsp3) is 0.562. The Hall–Kier alpha value is -1.01. The summed E-state index contributed by atoms with van der Waals surface area (Å²) >= 11 is 1.83. The summed E-state index contributed by atoms with van der Waals surface area (Å²) < 4.78 is 11.6. The number of anilines is 1. The van der Waals surface area contributed by atoms with Gasteiger partial charge in [-0.3, -0.25) is 4.21 Å². The second kappa shape index (κ2) is 8.58. The van der Waals surface area contributed by atoms with Gasteiger partial charge in [-0.1, -0.05) is 12.1 Å². The molecule has 1 fully saturated rings. The lowest BCUT2D eigenvalue weighted by Crippen LogP contribution is -2.42. The van der Waals surface area contributed by atoms with Crippen molar-refractivity contribution >= 4 is 34.3 Å². The highest BCUT2D eigenvalue weighted by Crippen LogP contribution is 2.15. The van der Waals surface area contributed by atoms with E-state index in [-0.39, 0.29) is 12.1 Å². The molecule has 0 aromatic heterocycles. The van der Waals surface area contributed by atoms with Gasteiger partial charge in [0.2, 0.25) is 0 Å². The first kappa shape index (κ1) is 17.3. The van der Waals surface area contributed by atoms with Gasteiger partial charge in [0, 0.05) is 40.6 Å². The van der Waals surface area contributed by atoms with Gasteiger partial charge in [0.15, 0.2) is 0 Å².